The van der Waals surface area contributed by atoms with Crippen LogP contribution in [-0.4, -0.2) is 55.1 Å². The Labute approximate surface area is 244 Å². The quantitative estimate of drug-likeness (QED) is 0.348. The van der Waals surface area contributed by atoms with Crippen molar-refractivity contribution in [2.24, 2.45) is 0 Å². The lowest BCUT2D eigenvalue weighted by atomic mass is 9.94. The van der Waals surface area contributed by atoms with Gasteiger partial charge in [-0.3, -0.25) is 9.59 Å². The molecule has 8 heteroatoms. The first-order valence-corrected chi connectivity index (χ1v) is 15.8. The summed E-state index contributed by atoms with van der Waals surface area (Å²) >= 11 is 0. The predicted octanol–water partition coefficient (Wildman–Crippen LogP) is 5.01. The molecule has 1 saturated carbocycles. The van der Waals surface area contributed by atoms with E-state index in [-0.39, 0.29) is 29.9 Å². The minimum Gasteiger partial charge on any atom is -0.352 e. The molecule has 0 aliphatic heterocycles. The fourth-order valence-electron chi connectivity index (χ4n) is 5.33. The third kappa shape index (κ3) is 8.05. The van der Waals surface area contributed by atoms with Gasteiger partial charge in [0.15, 0.2) is 0 Å². The molecule has 1 atom stereocenters. The van der Waals surface area contributed by atoms with E-state index in [0.717, 1.165) is 52.2 Å². The summed E-state index contributed by atoms with van der Waals surface area (Å²) in [5.41, 5.74) is 3.78. The number of carbonyl (C=O) groups excluding carboxylic acids is 2. The average Bonchev–Trinajstić information content (AvgIpc) is 2.97. The molecule has 1 aliphatic carbocycles. The number of carbonyl (C=O) groups is 2. The number of hydrogen-bond acceptors (Lipinski definition) is 4. The van der Waals surface area contributed by atoms with Crippen LogP contribution in [0.4, 0.5) is 0 Å². The average molecular weight is 576 g/mol. The molecule has 0 spiro atoms. The van der Waals surface area contributed by atoms with Crippen LogP contribution < -0.4 is 5.32 Å². The van der Waals surface area contributed by atoms with Gasteiger partial charge in [-0.2, -0.15) is 4.31 Å². The first-order chi connectivity index (χ1) is 19.6. The van der Waals surface area contributed by atoms with Gasteiger partial charge >= 0.3 is 0 Å². The lowest BCUT2D eigenvalue weighted by Crippen LogP contribution is -2.54. The minimum atomic E-state index is -3.91. The molecule has 0 bridgehead atoms. The van der Waals surface area contributed by atoms with Crippen molar-refractivity contribution in [3.05, 3.63) is 101 Å². The smallest absolute Gasteiger partial charge is 0.243 e. The van der Waals surface area contributed by atoms with Crippen LogP contribution in [-0.2, 0) is 32.6 Å². The van der Waals surface area contributed by atoms with Gasteiger partial charge < -0.3 is 10.2 Å². The van der Waals surface area contributed by atoms with Gasteiger partial charge in [0.1, 0.15) is 6.04 Å². The highest BCUT2D eigenvalue weighted by Gasteiger charge is 2.34. The maximum absolute atomic E-state index is 14.1. The zero-order valence-electron chi connectivity index (χ0n) is 24.3. The van der Waals surface area contributed by atoms with Crippen LogP contribution in [0.3, 0.4) is 0 Å². The molecule has 0 radical (unpaired) electrons. The summed E-state index contributed by atoms with van der Waals surface area (Å²) in [5.74, 6) is -0.627. The molecule has 218 valence electrons. The van der Waals surface area contributed by atoms with Crippen molar-refractivity contribution in [1.82, 2.24) is 14.5 Å². The normalized spacial score (nSPS) is 14.9. The maximum atomic E-state index is 14.1. The molecule has 0 heterocycles. The number of likely N-dealkylation sites (N-methyl/N-ethyl adjacent to an activating group) is 1. The number of benzene rings is 3. The number of amides is 2. The van der Waals surface area contributed by atoms with Crippen molar-refractivity contribution in [3.8, 4) is 0 Å². The zero-order valence-corrected chi connectivity index (χ0v) is 25.1. The van der Waals surface area contributed by atoms with Crippen molar-refractivity contribution in [2.45, 2.75) is 75.9 Å². The fraction of sp³-hybridized carbons (Fsp3) is 0.394. The van der Waals surface area contributed by atoms with Gasteiger partial charge in [0.2, 0.25) is 21.8 Å². The summed E-state index contributed by atoms with van der Waals surface area (Å²) in [6.07, 6.45) is 5.48. The lowest BCUT2D eigenvalue weighted by molar-refractivity contribution is -0.141. The number of aryl methyl sites for hydroxylation is 2. The highest BCUT2D eigenvalue weighted by molar-refractivity contribution is 7.89. The third-order valence-corrected chi connectivity index (χ3v) is 9.73. The maximum Gasteiger partial charge on any atom is 0.243 e. The standard InChI is InChI=1S/C33H41N3O4S/c1-25-18-20-30(21-19-25)41(39,40)35(3)24-32(37)36(23-28-15-11-10-12-26(28)2)31(22-27-13-6-4-7-14-27)33(38)34-29-16-8-5-9-17-29/h4,6-7,10-15,18-21,29,31H,5,8-9,16-17,22-24H2,1-3H3,(H,34,38)/t31-/m0/s1. The van der Waals surface area contributed by atoms with Gasteiger partial charge in [0.25, 0.3) is 0 Å². The molecule has 0 saturated heterocycles. The van der Waals surface area contributed by atoms with Gasteiger partial charge in [0, 0.05) is 26.1 Å². The molecular weight excluding hydrogens is 534 g/mol. The highest BCUT2D eigenvalue weighted by atomic mass is 32.2. The number of nitrogens with one attached hydrogen (secondary N) is 1. The van der Waals surface area contributed by atoms with Crippen LogP contribution in [0.15, 0.2) is 83.8 Å². The Morgan fingerprint density at radius 3 is 2.17 bits per heavy atom. The largest absolute Gasteiger partial charge is 0.352 e. The van der Waals surface area contributed by atoms with Gasteiger partial charge in [-0.05, 0) is 55.5 Å². The van der Waals surface area contributed by atoms with Crippen LogP contribution >= 0.6 is 0 Å². The van der Waals surface area contributed by atoms with Crippen molar-refractivity contribution >= 4 is 21.8 Å². The molecule has 1 N–H and O–H groups in total. The summed E-state index contributed by atoms with van der Waals surface area (Å²) in [7, 11) is -2.50. The number of sulfonamides is 1. The van der Waals surface area contributed by atoms with Crippen molar-refractivity contribution in [1.29, 1.82) is 0 Å². The summed E-state index contributed by atoms with van der Waals surface area (Å²) in [4.78, 5) is 29.7. The molecule has 0 aromatic heterocycles. The van der Waals surface area contributed by atoms with Crippen molar-refractivity contribution in [2.75, 3.05) is 13.6 Å². The van der Waals surface area contributed by atoms with E-state index in [0.29, 0.717) is 6.42 Å². The Kier molecular flexibility index (Phi) is 10.3. The van der Waals surface area contributed by atoms with E-state index in [1.54, 1.807) is 29.2 Å². The Morgan fingerprint density at radius 2 is 1.51 bits per heavy atom. The molecule has 1 aliphatic rings. The summed E-state index contributed by atoms with van der Waals surface area (Å²) in [5, 5.41) is 3.22. The number of rotatable bonds is 11. The first kappa shape index (κ1) is 30.5. The second kappa shape index (κ2) is 13.9. The van der Waals surface area contributed by atoms with E-state index < -0.39 is 22.0 Å². The molecule has 1 fully saturated rings. The Bertz CT molecular complexity index is 1420. The van der Waals surface area contributed by atoms with Crippen molar-refractivity contribution in [3.63, 3.8) is 0 Å². The van der Waals surface area contributed by atoms with Crippen LogP contribution in [0.25, 0.3) is 0 Å². The van der Waals surface area contributed by atoms with Gasteiger partial charge in [-0.25, -0.2) is 8.42 Å². The molecule has 7 nitrogen and oxygen atoms in total. The van der Waals surface area contributed by atoms with Crippen LogP contribution in [0.2, 0.25) is 0 Å². The van der Waals surface area contributed by atoms with E-state index in [2.05, 4.69) is 5.32 Å². The molecule has 3 aromatic carbocycles. The summed E-state index contributed by atoms with van der Waals surface area (Å²) in [6, 6.07) is 23.3. The Hall–Kier alpha value is -3.49. The third-order valence-electron chi connectivity index (χ3n) is 7.91. The van der Waals surface area contributed by atoms with Crippen LogP contribution in [0.5, 0.6) is 0 Å². The SMILES string of the molecule is Cc1ccc(S(=O)(=O)N(C)CC(=O)N(Cc2ccccc2C)[C@@H](Cc2ccccc2)C(=O)NC2CCCCC2)cc1. The van der Waals surface area contributed by atoms with Gasteiger partial charge in [-0.1, -0.05) is 91.6 Å². The number of hydrogen-bond donors (Lipinski definition) is 1. The Balaban J connectivity index is 1.66. The number of nitrogens with zero attached hydrogens (tertiary/aromatic N) is 2. The monoisotopic (exact) mass is 575 g/mol. The molecule has 0 unspecified atom stereocenters. The molecule has 4 rings (SSSR count). The van der Waals surface area contributed by atoms with Gasteiger partial charge in [-0.15, -0.1) is 0 Å². The molecule has 3 aromatic rings. The summed E-state index contributed by atoms with van der Waals surface area (Å²) in [6.45, 7) is 3.67. The van der Waals surface area contributed by atoms with E-state index in [9.17, 15) is 18.0 Å². The highest BCUT2D eigenvalue weighted by Crippen LogP contribution is 2.22. The van der Waals surface area contributed by atoms with E-state index in [1.165, 1.54) is 13.5 Å². The zero-order chi connectivity index (χ0) is 29.4. The molecule has 2 amide bonds. The van der Waals surface area contributed by atoms with Crippen LogP contribution in [0, 0.1) is 13.8 Å². The van der Waals surface area contributed by atoms with Crippen LogP contribution in [0.1, 0.15) is 54.4 Å². The molecular formula is C33H41N3O4S. The van der Waals surface area contributed by atoms with Crippen molar-refractivity contribution < 1.29 is 18.0 Å². The Morgan fingerprint density at radius 1 is 0.878 bits per heavy atom. The topological polar surface area (TPSA) is 86.8 Å². The lowest BCUT2D eigenvalue weighted by Gasteiger charge is -2.34. The summed E-state index contributed by atoms with van der Waals surface area (Å²) < 4.78 is 27.8. The fourth-order valence-corrected chi connectivity index (χ4v) is 6.45. The van der Waals surface area contributed by atoms with E-state index in [4.69, 9.17) is 0 Å². The molecule has 41 heavy (non-hydrogen) atoms. The van der Waals surface area contributed by atoms with Gasteiger partial charge in [0.05, 0.1) is 11.4 Å². The first-order valence-electron chi connectivity index (χ1n) is 14.4. The van der Waals surface area contributed by atoms with E-state index in [1.807, 2.05) is 68.4 Å². The van der Waals surface area contributed by atoms with E-state index >= 15 is 0 Å². The predicted molar refractivity (Wildman–Crippen MR) is 162 cm³/mol. The minimum absolute atomic E-state index is 0.0783. The second-order valence-electron chi connectivity index (χ2n) is 11.1. The second-order valence-corrected chi connectivity index (χ2v) is 13.1.